The van der Waals surface area contributed by atoms with Gasteiger partial charge in [0.2, 0.25) is 0 Å². The minimum absolute atomic E-state index is 0.512. The van der Waals surface area contributed by atoms with Crippen molar-refractivity contribution in [3.8, 4) is 6.07 Å². The smallest absolute Gasteiger partial charge is 0.142 e. The summed E-state index contributed by atoms with van der Waals surface area (Å²) in [4.78, 5) is 9.57. The number of nitriles is 1. The second kappa shape index (κ2) is 6.66. The third kappa shape index (κ3) is 3.59. The van der Waals surface area contributed by atoms with Crippen LogP contribution in [0, 0.1) is 23.2 Å². The van der Waals surface area contributed by atoms with Crippen LogP contribution in [-0.2, 0) is 0 Å². The van der Waals surface area contributed by atoms with Crippen molar-refractivity contribution in [2.24, 2.45) is 11.8 Å². The molecule has 1 aliphatic carbocycles. The molecule has 2 fully saturated rings. The summed E-state index contributed by atoms with van der Waals surface area (Å²) in [6, 6.07) is 8.49. The zero-order valence-corrected chi connectivity index (χ0v) is 13.7. The van der Waals surface area contributed by atoms with E-state index in [1.54, 1.807) is 6.07 Å². The number of rotatable bonds is 4. The Hall–Kier alpha value is -1.60. The molecule has 0 N–H and O–H groups in total. The van der Waals surface area contributed by atoms with Crippen molar-refractivity contribution in [3.05, 3.63) is 23.9 Å². The molecule has 1 saturated heterocycles. The van der Waals surface area contributed by atoms with Gasteiger partial charge in [-0.25, -0.2) is 4.98 Å². The maximum absolute atomic E-state index is 9.07. The second-order valence-electron chi connectivity index (χ2n) is 7.04. The molecule has 4 nitrogen and oxygen atoms in total. The van der Waals surface area contributed by atoms with Crippen LogP contribution in [0.4, 0.5) is 5.82 Å². The third-order valence-electron chi connectivity index (χ3n) is 4.88. The molecule has 118 valence electrons. The second-order valence-corrected chi connectivity index (χ2v) is 7.04. The molecular formula is C18H26N4. The first-order valence-electron chi connectivity index (χ1n) is 8.53. The van der Waals surface area contributed by atoms with Gasteiger partial charge in [0.1, 0.15) is 17.6 Å². The third-order valence-corrected chi connectivity index (χ3v) is 4.88. The van der Waals surface area contributed by atoms with E-state index in [1.807, 2.05) is 12.1 Å². The summed E-state index contributed by atoms with van der Waals surface area (Å²) in [5, 5.41) is 9.07. The molecule has 1 atom stereocenters. The van der Waals surface area contributed by atoms with E-state index in [1.165, 1.54) is 32.4 Å². The maximum atomic E-state index is 9.07. The molecule has 3 rings (SSSR count). The fourth-order valence-electron chi connectivity index (χ4n) is 3.42. The molecule has 22 heavy (non-hydrogen) atoms. The van der Waals surface area contributed by atoms with Crippen LogP contribution in [0.1, 0.15) is 38.8 Å². The number of hydrogen-bond acceptors (Lipinski definition) is 4. The molecule has 0 aromatic carbocycles. The molecule has 1 aromatic rings. The summed E-state index contributed by atoms with van der Waals surface area (Å²) >= 11 is 0. The monoisotopic (exact) mass is 298 g/mol. The molecule has 4 heteroatoms. The lowest BCUT2D eigenvalue weighted by Crippen LogP contribution is -2.45. The van der Waals surface area contributed by atoms with Crippen LogP contribution in [0.25, 0.3) is 0 Å². The van der Waals surface area contributed by atoms with Crippen molar-refractivity contribution >= 4 is 5.82 Å². The van der Waals surface area contributed by atoms with E-state index >= 15 is 0 Å². The number of pyridine rings is 1. The molecular weight excluding hydrogens is 272 g/mol. The van der Waals surface area contributed by atoms with Gasteiger partial charge in [-0.05, 0) is 43.2 Å². The van der Waals surface area contributed by atoms with E-state index < -0.39 is 0 Å². The highest BCUT2D eigenvalue weighted by Gasteiger charge is 2.32. The van der Waals surface area contributed by atoms with Crippen LogP contribution in [0.5, 0.6) is 0 Å². The minimum atomic E-state index is 0.512. The lowest BCUT2D eigenvalue weighted by molar-refractivity contribution is 0.162. The van der Waals surface area contributed by atoms with Gasteiger partial charge in [-0.3, -0.25) is 4.90 Å². The first-order chi connectivity index (χ1) is 10.7. The normalized spacial score (nSPS) is 23.4. The van der Waals surface area contributed by atoms with E-state index in [2.05, 4.69) is 34.7 Å². The van der Waals surface area contributed by atoms with Gasteiger partial charge < -0.3 is 4.90 Å². The Morgan fingerprint density at radius 1 is 1.32 bits per heavy atom. The molecule has 1 aliphatic heterocycles. The minimum Gasteiger partial charge on any atom is -0.355 e. The summed E-state index contributed by atoms with van der Waals surface area (Å²) in [5.41, 5.74) is 0.512. The van der Waals surface area contributed by atoms with Crippen molar-refractivity contribution in [2.45, 2.75) is 39.2 Å². The van der Waals surface area contributed by atoms with Gasteiger partial charge in [0.05, 0.1) is 0 Å². The number of anilines is 1. The van der Waals surface area contributed by atoms with Crippen LogP contribution in [0.2, 0.25) is 0 Å². The Kier molecular flexibility index (Phi) is 4.63. The predicted molar refractivity (Wildman–Crippen MR) is 88.7 cm³/mol. The number of hydrogen-bond donors (Lipinski definition) is 0. The number of nitrogens with zero attached hydrogens (tertiary/aromatic N) is 4. The van der Waals surface area contributed by atoms with E-state index in [9.17, 15) is 0 Å². The predicted octanol–water partition coefficient (Wildman–Crippen LogP) is 2.90. The van der Waals surface area contributed by atoms with Crippen LogP contribution < -0.4 is 4.90 Å². The van der Waals surface area contributed by atoms with Gasteiger partial charge in [-0.2, -0.15) is 5.26 Å². The molecule has 2 aliphatic rings. The topological polar surface area (TPSA) is 43.2 Å². The molecule has 1 saturated carbocycles. The molecule has 0 radical (unpaired) electrons. The Balaban J connectivity index is 1.76. The Morgan fingerprint density at radius 3 is 2.82 bits per heavy atom. The average Bonchev–Trinajstić information content (AvgIpc) is 3.34. The molecule has 2 heterocycles. The fourth-order valence-corrected chi connectivity index (χ4v) is 3.42. The van der Waals surface area contributed by atoms with E-state index in [0.717, 1.165) is 24.8 Å². The van der Waals surface area contributed by atoms with Crippen molar-refractivity contribution in [3.63, 3.8) is 0 Å². The summed E-state index contributed by atoms with van der Waals surface area (Å²) < 4.78 is 0. The van der Waals surface area contributed by atoms with E-state index in [0.29, 0.717) is 17.7 Å². The zero-order chi connectivity index (χ0) is 15.5. The SMILES string of the molecule is CC(C)[C@H]1CN(c2cccc(C#N)n2)CCCN1CC1CC1. The van der Waals surface area contributed by atoms with Gasteiger partial charge in [0.15, 0.2) is 0 Å². The molecule has 0 unspecified atom stereocenters. The molecule has 0 spiro atoms. The highest BCUT2D eigenvalue weighted by Crippen LogP contribution is 2.32. The van der Waals surface area contributed by atoms with Crippen molar-refractivity contribution in [1.82, 2.24) is 9.88 Å². The van der Waals surface area contributed by atoms with Gasteiger partial charge in [-0.1, -0.05) is 19.9 Å². The number of aromatic nitrogens is 1. The highest BCUT2D eigenvalue weighted by molar-refractivity contribution is 5.42. The first-order valence-corrected chi connectivity index (χ1v) is 8.53. The maximum Gasteiger partial charge on any atom is 0.142 e. The largest absolute Gasteiger partial charge is 0.355 e. The quantitative estimate of drug-likeness (QED) is 0.857. The zero-order valence-electron chi connectivity index (χ0n) is 13.7. The standard InChI is InChI=1S/C18H26N4/c1-14(2)17-13-22(18-6-3-5-16(11-19)20-18)10-4-9-21(17)12-15-7-8-15/h3,5-6,14-15,17H,4,7-10,12-13H2,1-2H3/t17-/m1/s1. The van der Waals surface area contributed by atoms with Gasteiger partial charge in [0, 0.05) is 32.2 Å². The Morgan fingerprint density at radius 2 is 2.14 bits per heavy atom. The lowest BCUT2D eigenvalue weighted by Gasteiger charge is -2.35. The fraction of sp³-hybridized carbons (Fsp3) is 0.667. The van der Waals surface area contributed by atoms with Crippen LogP contribution in [0.3, 0.4) is 0 Å². The van der Waals surface area contributed by atoms with Crippen LogP contribution >= 0.6 is 0 Å². The first kappa shape index (κ1) is 15.3. The van der Waals surface area contributed by atoms with Crippen LogP contribution in [-0.4, -0.2) is 42.1 Å². The van der Waals surface area contributed by atoms with Crippen molar-refractivity contribution in [1.29, 1.82) is 5.26 Å². The lowest BCUT2D eigenvalue weighted by atomic mass is 10.0. The average molecular weight is 298 g/mol. The van der Waals surface area contributed by atoms with Crippen molar-refractivity contribution < 1.29 is 0 Å². The summed E-state index contributed by atoms with van der Waals surface area (Å²) in [6.07, 6.45) is 4.00. The summed E-state index contributed by atoms with van der Waals surface area (Å²) in [7, 11) is 0. The summed E-state index contributed by atoms with van der Waals surface area (Å²) in [5.74, 6) is 2.53. The van der Waals surface area contributed by atoms with Crippen LogP contribution in [0.15, 0.2) is 18.2 Å². The molecule has 1 aromatic heterocycles. The van der Waals surface area contributed by atoms with E-state index in [-0.39, 0.29) is 0 Å². The summed E-state index contributed by atoms with van der Waals surface area (Å²) in [6.45, 7) is 9.16. The molecule has 0 amide bonds. The Bertz CT molecular complexity index is 544. The van der Waals surface area contributed by atoms with E-state index in [4.69, 9.17) is 5.26 Å². The van der Waals surface area contributed by atoms with Gasteiger partial charge in [0.25, 0.3) is 0 Å². The Labute approximate surface area is 133 Å². The van der Waals surface area contributed by atoms with Gasteiger partial charge in [-0.15, -0.1) is 0 Å². The van der Waals surface area contributed by atoms with Gasteiger partial charge >= 0.3 is 0 Å². The molecule has 0 bridgehead atoms. The van der Waals surface area contributed by atoms with Crippen molar-refractivity contribution in [2.75, 3.05) is 31.1 Å². The highest BCUT2D eigenvalue weighted by atomic mass is 15.3.